The number of rotatable bonds is 4. The maximum atomic E-state index is 4.41. The maximum absolute atomic E-state index is 4.41. The molecule has 2 rings (SSSR count). The lowest BCUT2D eigenvalue weighted by molar-refractivity contribution is 1.01. The van der Waals surface area contributed by atoms with Crippen LogP contribution in [0, 0.1) is 6.92 Å². The number of nitrogens with one attached hydrogen (secondary N) is 1. The first-order valence-corrected chi connectivity index (χ1v) is 6.46. The van der Waals surface area contributed by atoms with Crippen LogP contribution >= 0.6 is 11.8 Å². The Morgan fingerprint density at radius 1 is 1.18 bits per heavy atom. The second kappa shape index (κ2) is 5.68. The molecule has 0 unspecified atom stereocenters. The number of thioether (sulfide) groups is 1. The van der Waals surface area contributed by atoms with Crippen molar-refractivity contribution in [1.29, 1.82) is 0 Å². The Morgan fingerprint density at radius 2 is 1.94 bits per heavy atom. The molecule has 0 radical (unpaired) electrons. The van der Waals surface area contributed by atoms with Gasteiger partial charge in [0.2, 0.25) is 5.95 Å². The van der Waals surface area contributed by atoms with Gasteiger partial charge < -0.3 is 5.32 Å². The van der Waals surface area contributed by atoms with Gasteiger partial charge in [-0.25, -0.2) is 9.97 Å². The van der Waals surface area contributed by atoms with Gasteiger partial charge in [-0.15, -0.1) is 11.8 Å². The summed E-state index contributed by atoms with van der Waals surface area (Å²) in [6, 6.07) is 12.4. The molecule has 0 aliphatic carbocycles. The average Bonchev–Trinajstić information content (AvgIpc) is 2.37. The second-order valence-corrected chi connectivity index (χ2v) is 4.69. The van der Waals surface area contributed by atoms with E-state index in [2.05, 4.69) is 39.6 Å². The highest BCUT2D eigenvalue weighted by Gasteiger charge is 2.01. The SMILES string of the molecule is CNc1nc(C)cc(SCc2ccccc2)n1. The Kier molecular flexibility index (Phi) is 3.98. The van der Waals surface area contributed by atoms with Crippen LogP contribution in [0.5, 0.6) is 0 Å². The molecule has 1 heterocycles. The molecule has 0 spiro atoms. The summed E-state index contributed by atoms with van der Waals surface area (Å²) >= 11 is 1.73. The molecule has 0 aliphatic heterocycles. The van der Waals surface area contributed by atoms with Crippen molar-refractivity contribution >= 4 is 17.7 Å². The zero-order chi connectivity index (χ0) is 12.1. The lowest BCUT2D eigenvalue weighted by Crippen LogP contribution is -1.98. The normalized spacial score (nSPS) is 10.2. The van der Waals surface area contributed by atoms with Gasteiger partial charge in [0.05, 0.1) is 0 Å². The van der Waals surface area contributed by atoms with E-state index in [1.54, 1.807) is 11.8 Å². The van der Waals surface area contributed by atoms with Gasteiger partial charge in [-0.3, -0.25) is 0 Å². The molecule has 0 saturated heterocycles. The number of aromatic nitrogens is 2. The topological polar surface area (TPSA) is 37.8 Å². The third kappa shape index (κ3) is 3.46. The lowest BCUT2D eigenvalue weighted by atomic mass is 10.2. The van der Waals surface area contributed by atoms with E-state index in [0.29, 0.717) is 5.95 Å². The molecule has 17 heavy (non-hydrogen) atoms. The van der Waals surface area contributed by atoms with E-state index in [1.807, 2.05) is 26.1 Å². The lowest BCUT2D eigenvalue weighted by Gasteiger charge is -2.05. The predicted octanol–water partition coefficient (Wildman–Crippen LogP) is 3.12. The smallest absolute Gasteiger partial charge is 0.223 e. The van der Waals surface area contributed by atoms with Gasteiger partial charge in [0.25, 0.3) is 0 Å². The van der Waals surface area contributed by atoms with Gasteiger partial charge in [0.15, 0.2) is 0 Å². The summed E-state index contributed by atoms with van der Waals surface area (Å²) in [5.41, 5.74) is 2.29. The second-order valence-electron chi connectivity index (χ2n) is 3.70. The van der Waals surface area contributed by atoms with Crippen molar-refractivity contribution in [1.82, 2.24) is 9.97 Å². The van der Waals surface area contributed by atoms with Gasteiger partial charge in [-0.05, 0) is 18.6 Å². The highest BCUT2D eigenvalue weighted by molar-refractivity contribution is 7.98. The highest BCUT2D eigenvalue weighted by Crippen LogP contribution is 2.22. The van der Waals surface area contributed by atoms with E-state index in [0.717, 1.165) is 16.5 Å². The van der Waals surface area contributed by atoms with Gasteiger partial charge in [0, 0.05) is 18.5 Å². The molecule has 0 atom stereocenters. The minimum absolute atomic E-state index is 0.681. The minimum Gasteiger partial charge on any atom is -0.357 e. The summed E-state index contributed by atoms with van der Waals surface area (Å²) in [5, 5.41) is 3.98. The average molecular weight is 245 g/mol. The molecule has 1 N–H and O–H groups in total. The van der Waals surface area contributed by atoms with Crippen molar-refractivity contribution in [2.75, 3.05) is 12.4 Å². The molecular formula is C13H15N3S. The third-order valence-electron chi connectivity index (χ3n) is 2.28. The van der Waals surface area contributed by atoms with E-state index in [4.69, 9.17) is 0 Å². The largest absolute Gasteiger partial charge is 0.357 e. The summed E-state index contributed by atoms with van der Waals surface area (Å²) in [7, 11) is 1.83. The van der Waals surface area contributed by atoms with Crippen molar-refractivity contribution in [2.45, 2.75) is 17.7 Å². The molecular weight excluding hydrogens is 230 g/mol. The van der Waals surface area contributed by atoms with Crippen molar-refractivity contribution < 1.29 is 0 Å². The minimum atomic E-state index is 0.681. The molecule has 0 bridgehead atoms. The van der Waals surface area contributed by atoms with Crippen LogP contribution in [-0.4, -0.2) is 17.0 Å². The molecule has 0 fully saturated rings. The molecule has 0 saturated carbocycles. The number of hydrogen-bond donors (Lipinski definition) is 1. The first-order chi connectivity index (χ1) is 8.28. The molecule has 1 aromatic carbocycles. The van der Waals surface area contributed by atoms with Crippen molar-refractivity contribution in [3.05, 3.63) is 47.7 Å². The Bertz CT molecular complexity index is 485. The Labute approximate surface area is 106 Å². The summed E-state index contributed by atoms with van der Waals surface area (Å²) in [6.07, 6.45) is 0. The van der Waals surface area contributed by atoms with Crippen LogP contribution in [0.15, 0.2) is 41.4 Å². The predicted molar refractivity (Wildman–Crippen MR) is 72.3 cm³/mol. The Morgan fingerprint density at radius 3 is 2.65 bits per heavy atom. The summed E-state index contributed by atoms with van der Waals surface area (Å²) in [4.78, 5) is 8.68. The van der Waals surface area contributed by atoms with Crippen LogP contribution in [0.4, 0.5) is 5.95 Å². The van der Waals surface area contributed by atoms with Crippen LogP contribution in [-0.2, 0) is 5.75 Å². The first kappa shape index (κ1) is 11.9. The molecule has 2 aromatic rings. The number of hydrogen-bond acceptors (Lipinski definition) is 4. The fourth-order valence-electron chi connectivity index (χ4n) is 1.46. The van der Waals surface area contributed by atoms with Crippen LogP contribution in [0.3, 0.4) is 0 Å². The molecule has 1 aromatic heterocycles. The summed E-state index contributed by atoms with van der Waals surface area (Å²) < 4.78 is 0. The Balaban J connectivity index is 2.06. The molecule has 0 amide bonds. The standard InChI is InChI=1S/C13H15N3S/c1-10-8-12(16-13(14-2)15-10)17-9-11-6-4-3-5-7-11/h3-8H,9H2,1-2H3,(H,14,15,16). The molecule has 88 valence electrons. The summed E-state index contributed by atoms with van der Waals surface area (Å²) in [5.74, 6) is 1.61. The molecule has 3 nitrogen and oxygen atoms in total. The van der Waals surface area contributed by atoms with E-state index in [-0.39, 0.29) is 0 Å². The Hall–Kier alpha value is -1.55. The zero-order valence-corrected chi connectivity index (χ0v) is 10.8. The van der Waals surface area contributed by atoms with E-state index >= 15 is 0 Å². The van der Waals surface area contributed by atoms with E-state index < -0.39 is 0 Å². The van der Waals surface area contributed by atoms with Crippen LogP contribution in [0.2, 0.25) is 0 Å². The first-order valence-electron chi connectivity index (χ1n) is 5.48. The molecule has 4 heteroatoms. The van der Waals surface area contributed by atoms with Gasteiger partial charge in [-0.2, -0.15) is 0 Å². The van der Waals surface area contributed by atoms with Crippen LogP contribution < -0.4 is 5.32 Å². The number of aryl methyl sites for hydroxylation is 1. The maximum Gasteiger partial charge on any atom is 0.223 e. The summed E-state index contributed by atoms with van der Waals surface area (Å²) in [6.45, 7) is 1.98. The van der Waals surface area contributed by atoms with Crippen molar-refractivity contribution in [2.24, 2.45) is 0 Å². The molecule has 0 aliphatic rings. The van der Waals surface area contributed by atoms with Gasteiger partial charge in [0.1, 0.15) is 5.03 Å². The quantitative estimate of drug-likeness (QED) is 0.663. The van der Waals surface area contributed by atoms with Gasteiger partial charge >= 0.3 is 0 Å². The van der Waals surface area contributed by atoms with Crippen LogP contribution in [0.1, 0.15) is 11.3 Å². The monoisotopic (exact) mass is 245 g/mol. The van der Waals surface area contributed by atoms with E-state index in [1.165, 1.54) is 5.56 Å². The van der Waals surface area contributed by atoms with Crippen molar-refractivity contribution in [3.8, 4) is 0 Å². The third-order valence-corrected chi connectivity index (χ3v) is 3.27. The number of nitrogens with zero attached hydrogens (tertiary/aromatic N) is 2. The number of anilines is 1. The van der Waals surface area contributed by atoms with Crippen LogP contribution in [0.25, 0.3) is 0 Å². The van der Waals surface area contributed by atoms with Crippen molar-refractivity contribution in [3.63, 3.8) is 0 Å². The fourth-order valence-corrected chi connectivity index (χ4v) is 2.37. The fraction of sp³-hybridized carbons (Fsp3) is 0.231. The van der Waals surface area contributed by atoms with E-state index in [9.17, 15) is 0 Å². The highest BCUT2D eigenvalue weighted by atomic mass is 32.2. The van der Waals surface area contributed by atoms with Gasteiger partial charge in [-0.1, -0.05) is 30.3 Å². The zero-order valence-electron chi connectivity index (χ0n) is 9.97. The number of benzene rings is 1.